The van der Waals surface area contributed by atoms with Gasteiger partial charge >= 0.3 is 0 Å². The number of rotatable bonds is 0. The lowest BCUT2D eigenvalue weighted by Crippen LogP contribution is -2.28. The minimum atomic E-state index is 0.0703. The molecular formula is C18H16N2. The maximum Gasteiger partial charge on any atom is 0.133 e. The molecule has 0 spiro atoms. The van der Waals surface area contributed by atoms with Gasteiger partial charge in [-0.25, -0.2) is 0 Å². The summed E-state index contributed by atoms with van der Waals surface area (Å²) >= 11 is 0. The second-order valence-electron chi connectivity index (χ2n) is 6.10. The Labute approximate surface area is 119 Å². The van der Waals surface area contributed by atoms with Crippen molar-refractivity contribution in [2.45, 2.75) is 13.8 Å². The van der Waals surface area contributed by atoms with Crippen molar-refractivity contribution in [3.8, 4) is 12.1 Å². The topological polar surface area (TPSA) is 47.6 Å². The van der Waals surface area contributed by atoms with Crippen molar-refractivity contribution in [2.24, 2.45) is 23.2 Å². The second kappa shape index (κ2) is 4.36. The van der Waals surface area contributed by atoms with Gasteiger partial charge in [-0.15, -0.1) is 0 Å². The first-order valence-electron chi connectivity index (χ1n) is 6.89. The van der Waals surface area contributed by atoms with Gasteiger partial charge in [-0.1, -0.05) is 62.0 Å². The van der Waals surface area contributed by atoms with Gasteiger partial charge in [0, 0.05) is 17.8 Å². The van der Waals surface area contributed by atoms with Crippen LogP contribution in [-0.2, 0) is 0 Å². The summed E-state index contributed by atoms with van der Waals surface area (Å²) < 4.78 is 0. The van der Waals surface area contributed by atoms with Crippen molar-refractivity contribution in [1.82, 2.24) is 0 Å². The molecule has 3 aliphatic carbocycles. The Morgan fingerprint density at radius 3 is 2.50 bits per heavy atom. The Kier molecular flexibility index (Phi) is 2.77. The van der Waals surface area contributed by atoms with Gasteiger partial charge in [0.25, 0.3) is 0 Å². The molecule has 0 heterocycles. The van der Waals surface area contributed by atoms with E-state index in [0.29, 0.717) is 5.92 Å². The molecule has 0 aromatic carbocycles. The Bertz CT molecular complexity index is 668. The van der Waals surface area contributed by atoms with E-state index in [0.717, 1.165) is 5.57 Å². The van der Waals surface area contributed by atoms with Crippen LogP contribution in [0.4, 0.5) is 0 Å². The average molecular weight is 260 g/mol. The van der Waals surface area contributed by atoms with Crippen molar-refractivity contribution in [2.75, 3.05) is 0 Å². The largest absolute Gasteiger partial charge is 0.192 e. The third-order valence-corrected chi connectivity index (χ3v) is 4.80. The highest BCUT2D eigenvalue weighted by Crippen LogP contribution is 2.51. The van der Waals surface area contributed by atoms with Crippen LogP contribution in [0.2, 0.25) is 0 Å². The van der Waals surface area contributed by atoms with Gasteiger partial charge in [0.2, 0.25) is 0 Å². The molecule has 0 aliphatic heterocycles. The molecule has 2 nitrogen and oxygen atoms in total. The van der Waals surface area contributed by atoms with Crippen molar-refractivity contribution >= 4 is 0 Å². The Morgan fingerprint density at radius 1 is 1.05 bits per heavy atom. The van der Waals surface area contributed by atoms with Crippen molar-refractivity contribution in [1.29, 1.82) is 10.5 Å². The van der Waals surface area contributed by atoms with E-state index in [-0.39, 0.29) is 22.8 Å². The molecular weight excluding hydrogens is 244 g/mol. The molecule has 0 fully saturated rings. The van der Waals surface area contributed by atoms with Gasteiger partial charge in [-0.2, -0.15) is 10.5 Å². The molecule has 3 atom stereocenters. The average Bonchev–Trinajstić information content (AvgIpc) is 2.77. The predicted molar refractivity (Wildman–Crippen MR) is 78.0 cm³/mol. The normalized spacial score (nSPS) is 31.9. The smallest absolute Gasteiger partial charge is 0.133 e. The van der Waals surface area contributed by atoms with Gasteiger partial charge in [0.15, 0.2) is 0 Å². The van der Waals surface area contributed by atoms with Crippen molar-refractivity contribution in [3.05, 3.63) is 59.3 Å². The summed E-state index contributed by atoms with van der Waals surface area (Å²) in [5.41, 5.74) is 2.55. The number of hydrogen-bond acceptors (Lipinski definition) is 2. The summed E-state index contributed by atoms with van der Waals surface area (Å²) in [4.78, 5) is 0. The van der Waals surface area contributed by atoms with Gasteiger partial charge in [-0.05, 0) is 11.0 Å². The summed E-state index contributed by atoms with van der Waals surface area (Å²) in [6.45, 7) is 4.54. The van der Waals surface area contributed by atoms with Crippen molar-refractivity contribution in [3.63, 3.8) is 0 Å². The van der Waals surface area contributed by atoms with Crippen LogP contribution in [0.25, 0.3) is 0 Å². The molecule has 0 unspecified atom stereocenters. The zero-order valence-corrected chi connectivity index (χ0v) is 11.7. The van der Waals surface area contributed by atoms with E-state index < -0.39 is 0 Å². The first-order chi connectivity index (χ1) is 9.59. The minimum Gasteiger partial charge on any atom is -0.192 e. The van der Waals surface area contributed by atoms with Crippen LogP contribution in [0.3, 0.4) is 0 Å². The first-order valence-corrected chi connectivity index (χ1v) is 6.89. The molecule has 0 amide bonds. The van der Waals surface area contributed by atoms with E-state index >= 15 is 0 Å². The number of hydrogen-bond donors (Lipinski definition) is 0. The monoisotopic (exact) mass is 260 g/mol. The van der Waals surface area contributed by atoms with Gasteiger partial charge in [-0.3, -0.25) is 0 Å². The summed E-state index contributed by atoms with van der Waals surface area (Å²) in [6.07, 6.45) is 15.0. The SMILES string of the molecule is CC1(C)C2=CC=C[C@H]2[C@@H]2C=C[C@H]1C=CC2=C(C#N)C#N. The third-order valence-electron chi connectivity index (χ3n) is 4.80. The predicted octanol–water partition coefficient (Wildman–Crippen LogP) is 3.84. The Hall–Kier alpha value is -2.32. The zero-order chi connectivity index (χ0) is 14.3. The van der Waals surface area contributed by atoms with Gasteiger partial charge < -0.3 is 0 Å². The fourth-order valence-corrected chi connectivity index (χ4v) is 3.57. The molecule has 0 radical (unpaired) electrons. The number of allylic oxidation sites excluding steroid dienone is 10. The second-order valence-corrected chi connectivity index (χ2v) is 6.10. The van der Waals surface area contributed by atoms with E-state index in [4.69, 9.17) is 0 Å². The van der Waals surface area contributed by atoms with Crippen LogP contribution >= 0.6 is 0 Å². The fraction of sp³-hybridized carbons (Fsp3) is 0.333. The highest BCUT2D eigenvalue weighted by molar-refractivity contribution is 5.52. The number of nitriles is 2. The molecule has 0 saturated carbocycles. The fourth-order valence-electron chi connectivity index (χ4n) is 3.57. The maximum atomic E-state index is 9.19. The van der Waals surface area contributed by atoms with Crippen LogP contribution in [0, 0.1) is 45.8 Å². The van der Waals surface area contributed by atoms with Crippen LogP contribution < -0.4 is 0 Å². The summed E-state index contributed by atoms with van der Waals surface area (Å²) in [5.74, 6) is 0.664. The Morgan fingerprint density at radius 2 is 1.80 bits per heavy atom. The lowest BCUT2D eigenvalue weighted by molar-refractivity contribution is 0.343. The van der Waals surface area contributed by atoms with E-state index in [9.17, 15) is 10.5 Å². The van der Waals surface area contributed by atoms with Crippen molar-refractivity contribution < 1.29 is 0 Å². The van der Waals surface area contributed by atoms with Crippen LogP contribution in [0.5, 0.6) is 0 Å². The molecule has 3 rings (SSSR count). The first kappa shape index (κ1) is 12.7. The quantitative estimate of drug-likeness (QED) is 0.490. The highest BCUT2D eigenvalue weighted by Gasteiger charge is 2.42. The molecule has 0 saturated heterocycles. The number of fused-ring (bicyclic) bond motifs is 4. The standard InChI is InChI=1S/C18H16N2/c1-18(2)13-6-8-14(12(10-19)11-20)15(9-7-13)16-4-3-5-17(16)18/h3-9,13,15-16H,1-2H3/t13-,15-,16+/m1/s1. The molecule has 3 aliphatic rings. The zero-order valence-electron chi connectivity index (χ0n) is 11.7. The Balaban J connectivity index is 2.25. The summed E-state index contributed by atoms with van der Waals surface area (Å²) in [6, 6.07) is 4.09. The van der Waals surface area contributed by atoms with Gasteiger partial charge in [0.05, 0.1) is 0 Å². The summed E-state index contributed by atoms with van der Waals surface area (Å²) in [7, 11) is 0. The van der Waals surface area contributed by atoms with Gasteiger partial charge in [0.1, 0.15) is 17.7 Å². The third kappa shape index (κ3) is 1.62. The molecule has 20 heavy (non-hydrogen) atoms. The van der Waals surface area contributed by atoms with E-state index in [1.165, 1.54) is 5.57 Å². The van der Waals surface area contributed by atoms with E-state index in [1.807, 2.05) is 18.2 Å². The molecule has 0 aromatic heterocycles. The van der Waals surface area contributed by atoms with Crippen LogP contribution in [0.15, 0.2) is 59.3 Å². The lowest BCUT2D eigenvalue weighted by atomic mass is 9.67. The maximum absolute atomic E-state index is 9.19. The van der Waals surface area contributed by atoms with E-state index in [1.54, 1.807) is 0 Å². The molecule has 0 N–H and O–H groups in total. The molecule has 2 bridgehead atoms. The summed E-state index contributed by atoms with van der Waals surface area (Å²) in [5, 5.41) is 18.4. The number of nitrogens with zero attached hydrogens (tertiary/aromatic N) is 2. The highest BCUT2D eigenvalue weighted by atomic mass is 14.5. The molecule has 0 aromatic rings. The molecule has 98 valence electrons. The molecule has 2 heteroatoms. The minimum absolute atomic E-state index is 0.0703. The van der Waals surface area contributed by atoms with Crippen LogP contribution in [-0.4, -0.2) is 0 Å². The lowest BCUT2D eigenvalue weighted by Gasteiger charge is -2.37. The van der Waals surface area contributed by atoms with Crippen LogP contribution in [0.1, 0.15) is 13.8 Å². The van der Waals surface area contributed by atoms with E-state index in [2.05, 4.69) is 50.3 Å².